The largest absolute Gasteiger partial charge is 0.299 e. The van der Waals surface area contributed by atoms with E-state index in [9.17, 15) is 9.59 Å². The number of rotatable bonds is 6. The summed E-state index contributed by atoms with van der Waals surface area (Å²) in [5, 5.41) is 4.41. The van der Waals surface area contributed by atoms with E-state index in [4.69, 9.17) is 0 Å². The van der Waals surface area contributed by atoms with E-state index >= 15 is 0 Å². The standard InChI is InChI=1S/C20H25N3O2/c1-3-16-7-4-5-8-17(16)14-18(24)9-10-20(25)22-11-6-12-23-19(22)13-15(2)21-23/h4-5,7-8,13H,3,6,9-12,14H2,1-2H3. The molecule has 132 valence electrons. The molecule has 1 aromatic heterocycles. The smallest absolute Gasteiger partial charge is 0.228 e. The Bertz CT molecular complexity index is 779. The maximum absolute atomic E-state index is 12.6. The molecular weight excluding hydrogens is 314 g/mol. The fourth-order valence-corrected chi connectivity index (χ4v) is 3.42. The first kappa shape index (κ1) is 17.4. The van der Waals surface area contributed by atoms with Crippen molar-refractivity contribution in [3.63, 3.8) is 0 Å². The summed E-state index contributed by atoms with van der Waals surface area (Å²) in [7, 11) is 0. The van der Waals surface area contributed by atoms with E-state index < -0.39 is 0 Å². The number of ketones is 1. The average Bonchev–Trinajstić information content (AvgIpc) is 3.00. The van der Waals surface area contributed by atoms with Crippen LogP contribution >= 0.6 is 0 Å². The Labute approximate surface area is 148 Å². The van der Waals surface area contributed by atoms with E-state index in [1.54, 1.807) is 4.90 Å². The second kappa shape index (κ2) is 7.64. The van der Waals surface area contributed by atoms with Crippen molar-refractivity contribution in [1.82, 2.24) is 9.78 Å². The van der Waals surface area contributed by atoms with Gasteiger partial charge in [-0.1, -0.05) is 31.2 Å². The molecule has 1 aliphatic rings. The molecule has 0 atom stereocenters. The molecular formula is C20H25N3O2. The summed E-state index contributed by atoms with van der Waals surface area (Å²) in [6.07, 6.45) is 2.78. The quantitative estimate of drug-likeness (QED) is 0.813. The maximum Gasteiger partial charge on any atom is 0.228 e. The minimum absolute atomic E-state index is 0.0120. The Hall–Kier alpha value is -2.43. The molecule has 1 amide bonds. The van der Waals surface area contributed by atoms with Crippen molar-refractivity contribution in [1.29, 1.82) is 0 Å². The van der Waals surface area contributed by atoms with Crippen LogP contribution in [0.3, 0.4) is 0 Å². The summed E-state index contributed by atoms with van der Waals surface area (Å²) in [6.45, 7) is 5.58. The zero-order valence-corrected chi connectivity index (χ0v) is 15.0. The predicted molar refractivity (Wildman–Crippen MR) is 97.7 cm³/mol. The fraction of sp³-hybridized carbons (Fsp3) is 0.450. The highest BCUT2D eigenvalue weighted by Crippen LogP contribution is 2.22. The summed E-state index contributed by atoms with van der Waals surface area (Å²) >= 11 is 0. The van der Waals surface area contributed by atoms with Gasteiger partial charge in [0, 0.05) is 38.4 Å². The SMILES string of the molecule is CCc1ccccc1CC(=O)CCC(=O)N1CCCn2nc(C)cc21. The Morgan fingerprint density at radius 1 is 1.12 bits per heavy atom. The number of hydrogen-bond acceptors (Lipinski definition) is 3. The van der Waals surface area contributed by atoms with Gasteiger partial charge < -0.3 is 0 Å². The number of benzene rings is 1. The van der Waals surface area contributed by atoms with Gasteiger partial charge in [0.05, 0.1) is 5.69 Å². The third-order valence-corrected chi connectivity index (χ3v) is 4.71. The molecule has 0 N–H and O–H groups in total. The average molecular weight is 339 g/mol. The van der Waals surface area contributed by atoms with E-state index in [-0.39, 0.29) is 18.1 Å². The number of Topliss-reactive ketones (excluding diaryl/α,β-unsaturated/α-hetero) is 1. The zero-order chi connectivity index (χ0) is 17.8. The van der Waals surface area contributed by atoms with Gasteiger partial charge in [0.2, 0.25) is 5.91 Å². The molecule has 0 radical (unpaired) electrons. The van der Waals surface area contributed by atoms with Crippen LogP contribution < -0.4 is 4.90 Å². The number of hydrogen-bond donors (Lipinski definition) is 0. The second-order valence-corrected chi connectivity index (χ2v) is 6.60. The van der Waals surface area contributed by atoms with Gasteiger partial charge in [-0.2, -0.15) is 5.10 Å². The Morgan fingerprint density at radius 3 is 2.64 bits per heavy atom. The first-order chi connectivity index (χ1) is 12.1. The van der Waals surface area contributed by atoms with Crippen molar-refractivity contribution in [3.8, 4) is 0 Å². The van der Waals surface area contributed by atoms with Crippen LogP contribution in [0, 0.1) is 6.92 Å². The molecule has 5 heteroatoms. The lowest BCUT2D eigenvalue weighted by Crippen LogP contribution is -2.37. The van der Waals surface area contributed by atoms with Crippen molar-refractivity contribution in [2.24, 2.45) is 0 Å². The normalized spacial score (nSPS) is 13.6. The molecule has 0 unspecified atom stereocenters. The second-order valence-electron chi connectivity index (χ2n) is 6.60. The Balaban J connectivity index is 1.58. The molecule has 3 rings (SSSR count). The van der Waals surface area contributed by atoms with E-state index in [0.717, 1.165) is 36.5 Å². The van der Waals surface area contributed by atoms with Crippen molar-refractivity contribution in [2.75, 3.05) is 11.4 Å². The summed E-state index contributed by atoms with van der Waals surface area (Å²) in [4.78, 5) is 26.7. The molecule has 1 aliphatic heterocycles. The Morgan fingerprint density at radius 2 is 1.88 bits per heavy atom. The number of amides is 1. The number of aryl methyl sites for hydroxylation is 3. The van der Waals surface area contributed by atoms with Gasteiger partial charge >= 0.3 is 0 Å². The summed E-state index contributed by atoms with van der Waals surface area (Å²) in [5.74, 6) is 0.992. The van der Waals surface area contributed by atoms with Crippen LogP contribution in [0.5, 0.6) is 0 Å². The van der Waals surface area contributed by atoms with Crippen molar-refractivity contribution >= 4 is 17.5 Å². The maximum atomic E-state index is 12.6. The van der Waals surface area contributed by atoms with Crippen LogP contribution in [0.15, 0.2) is 30.3 Å². The third-order valence-electron chi connectivity index (χ3n) is 4.71. The number of anilines is 1. The van der Waals surface area contributed by atoms with Crippen LogP contribution in [0.2, 0.25) is 0 Å². The van der Waals surface area contributed by atoms with Crippen LogP contribution in [0.25, 0.3) is 0 Å². The van der Waals surface area contributed by atoms with Crippen LogP contribution in [-0.4, -0.2) is 28.0 Å². The van der Waals surface area contributed by atoms with E-state index in [1.807, 2.05) is 35.9 Å². The minimum atomic E-state index is 0.0120. The van der Waals surface area contributed by atoms with E-state index in [2.05, 4.69) is 18.1 Å². The van der Waals surface area contributed by atoms with Gasteiger partial charge in [-0.05, 0) is 30.9 Å². The topological polar surface area (TPSA) is 55.2 Å². The summed E-state index contributed by atoms with van der Waals surface area (Å²) in [6, 6.07) is 9.97. The lowest BCUT2D eigenvalue weighted by molar-refractivity contribution is -0.123. The number of aromatic nitrogens is 2. The van der Waals surface area contributed by atoms with Crippen molar-refractivity contribution in [3.05, 3.63) is 47.2 Å². The third kappa shape index (κ3) is 3.98. The lowest BCUT2D eigenvalue weighted by atomic mass is 9.99. The van der Waals surface area contributed by atoms with Gasteiger partial charge in [0.1, 0.15) is 11.6 Å². The molecule has 1 aromatic carbocycles. The lowest BCUT2D eigenvalue weighted by Gasteiger charge is -2.27. The zero-order valence-electron chi connectivity index (χ0n) is 15.0. The monoisotopic (exact) mass is 339 g/mol. The number of fused-ring (bicyclic) bond motifs is 1. The van der Waals surface area contributed by atoms with Crippen molar-refractivity contribution < 1.29 is 9.59 Å². The van der Waals surface area contributed by atoms with Crippen LogP contribution in [0.4, 0.5) is 5.82 Å². The molecule has 5 nitrogen and oxygen atoms in total. The number of carbonyl (C=O) groups is 2. The van der Waals surface area contributed by atoms with Gasteiger partial charge in [-0.3, -0.25) is 14.5 Å². The predicted octanol–water partition coefficient (Wildman–Crippen LogP) is 3.08. The summed E-state index contributed by atoms with van der Waals surface area (Å²) in [5.41, 5.74) is 3.20. The molecule has 0 bridgehead atoms. The van der Waals surface area contributed by atoms with Crippen LogP contribution in [-0.2, 0) is 29.0 Å². The molecule has 2 aromatic rings. The summed E-state index contributed by atoms with van der Waals surface area (Å²) < 4.78 is 1.88. The van der Waals surface area contributed by atoms with Crippen molar-refractivity contribution in [2.45, 2.75) is 52.5 Å². The highest BCUT2D eigenvalue weighted by Gasteiger charge is 2.24. The van der Waals surface area contributed by atoms with Gasteiger partial charge in [-0.25, -0.2) is 4.68 Å². The first-order valence-corrected chi connectivity index (χ1v) is 9.01. The molecule has 0 fully saturated rings. The molecule has 2 heterocycles. The number of nitrogens with zero attached hydrogens (tertiary/aromatic N) is 3. The molecule has 0 spiro atoms. The van der Waals surface area contributed by atoms with Gasteiger partial charge in [0.25, 0.3) is 0 Å². The first-order valence-electron chi connectivity index (χ1n) is 9.01. The fourth-order valence-electron chi connectivity index (χ4n) is 3.42. The van der Waals surface area contributed by atoms with Gasteiger partial charge in [-0.15, -0.1) is 0 Å². The van der Waals surface area contributed by atoms with E-state index in [0.29, 0.717) is 19.4 Å². The molecule has 0 saturated heterocycles. The molecule has 0 aliphatic carbocycles. The Kier molecular flexibility index (Phi) is 5.31. The molecule has 25 heavy (non-hydrogen) atoms. The highest BCUT2D eigenvalue weighted by atomic mass is 16.2. The highest BCUT2D eigenvalue weighted by molar-refractivity contribution is 5.95. The number of carbonyl (C=O) groups excluding carboxylic acids is 2. The molecule has 0 saturated carbocycles. The van der Waals surface area contributed by atoms with E-state index in [1.165, 1.54) is 5.56 Å². The van der Waals surface area contributed by atoms with Crippen LogP contribution in [0.1, 0.15) is 43.0 Å². The minimum Gasteiger partial charge on any atom is -0.299 e. The van der Waals surface area contributed by atoms with Gasteiger partial charge in [0.15, 0.2) is 0 Å².